The first-order valence-electron chi connectivity index (χ1n) is 10.7. The molecule has 4 heterocycles. The smallest absolute Gasteiger partial charge is 0.404 e. The SMILES string of the molecule is CC(C)[C@@H](C)Nc1cc(C(=O)N2CCC(NC(=O)O)CC2)nc(-c2cnn3ccsc23)n1. The molecule has 1 atom stereocenters. The zero-order valence-electron chi connectivity index (χ0n) is 18.3. The molecule has 170 valence electrons. The Bertz CT molecular complexity index is 1120. The van der Waals surface area contributed by atoms with Crippen molar-refractivity contribution in [3.05, 3.63) is 29.5 Å². The van der Waals surface area contributed by atoms with Crippen molar-refractivity contribution in [3.8, 4) is 11.4 Å². The first-order valence-corrected chi connectivity index (χ1v) is 11.6. The maximum atomic E-state index is 13.3. The van der Waals surface area contributed by atoms with E-state index in [0.29, 0.717) is 49.2 Å². The Kier molecular flexibility index (Phi) is 6.26. The second kappa shape index (κ2) is 9.11. The zero-order valence-corrected chi connectivity index (χ0v) is 19.1. The van der Waals surface area contributed by atoms with Crippen molar-refractivity contribution >= 4 is 34.0 Å². The summed E-state index contributed by atoms with van der Waals surface area (Å²) in [5.41, 5.74) is 1.09. The number of nitrogens with zero attached hydrogens (tertiary/aromatic N) is 5. The number of fused-ring (bicyclic) bond motifs is 1. The van der Waals surface area contributed by atoms with E-state index in [0.717, 1.165) is 10.4 Å². The molecule has 0 bridgehead atoms. The quantitative estimate of drug-likeness (QED) is 0.519. The predicted molar refractivity (Wildman–Crippen MR) is 122 cm³/mol. The average molecular weight is 458 g/mol. The number of carbonyl (C=O) groups is 2. The summed E-state index contributed by atoms with van der Waals surface area (Å²) in [6.07, 6.45) is 3.70. The van der Waals surface area contributed by atoms with E-state index in [2.05, 4.69) is 46.5 Å². The van der Waals surface area contributed by atoms with Gasteiger partial charge in [0.15, 0.2) is 5.82 Å². The van der Waals surface area contributed by atoms with Gasteiger partial charge in [0.25, 0.3) is 5.91 Å². The van der Waals surface area contributed by atoms with Gasteiger partial charge in [0, 0.05) is 42.8 Å². The molecular formula is C21H27N7O3S. The van der Waals surface area contributed by atoms with Gasteiger partial charge in [-0.25, -0.2) is 19.3 Å². The van der Waals surface area contributed by atoms with Crippen LogP contribution in [-0.4, -0.2) is 66.8 Å². The fourth-order valence-corrected chi connectivity index (χ4v) is 4.39. The molecule has 1 saturated heterocycles. The molecule has 3 N–H and O–H groups in total. The van der Waals surface area contributed by atoms with Crippen molar-refractivity contribution in [3.63, 3.8) is 0 Å². The van der Waals surface area contributed by atoms with Crippen molar-refractivity contribution < 1.29 is 14.7 Å². The highest BCUT2D eigenvalue weighted by atomic mass is 32.1. The van der Waals surface area contributed by atoms with E-state index in [9.17, 15) is 9.59 Å². The van der Waals surface area contributed by atoms with Gasteiger partial charge in [0.05, 0.1) is 11.8 Å². The molecule has 10 nitrogen and oxygen atoms in total. The fourth-order valence-electron chi connectivity index (χ4n) is 3.60. The van der Waals surface area contributed by atoms with Crippen LogP contribution in [0.5, 0.6) is 0 Å². The van der Waals surface area contributed by atoms with Crippen LogP contribution < -0.4 is 10.6 Å². The minimum Gasteiger partial charge on any atom is -0.465 e. The number of hydrogen-bond donors (Lipinski definition) is 3. The molecular weight excluding hydrogens is 430 g/mol. The van der Waals surface area contributed by atoms with Crippen LogP contribution in [0.3, 0.4) is 0 Å². The minimum absolute atomic E-state index is 0.138. The third-order valence-corrected chi connectivity index (χ3v) is 6.69. The van der Waals surface area contributed by atoms with Gasteiger partial charge in [-0.05, 0) is 25.7 Å². The number of amides is 2. The van der Waals surface area contributed by atoms with E-state index in [-0.39, 0.29) is 18.0 Å². The topological polar surface area (TPSA) is 125 Å². The van der Waals surface area contributed by atoms with Crippen molar-refractivity contribution in [2.45, 2.75) is 45.7 Å². The van der Waals surface area contributed by atoms with E-state index in [1.165, 1.54) is 11.3 Å². The molecule has 11 heteroatoms. The maximum Gasteiger partial charge on any atom is 0.404 e. The molecule has 1 aliphatic rings. The van der Waals surface area contributed by atoms with Crippen LogP contribution in [0, 0.1) is 5.92 Å². The van der Waals surface area contributed by atoms with E-state index in [1.807, 2.05) is 11.6 Å². The molecule has 3 aromatic heterocycles. The molecule has 3 aromatic rings. The summed E-state index contributed by atoms with van der Waals surface area (Å²) in [6, 6.07) is 1.72. The van der Waals surface area contributed by atoms with Crippen LogP contribution in [0.25, 0.3) is 16.2 Å². The third-order valence-electron chi connectivity index (χ3n) is 5.80. The fraction of sp³-hybridized carbons (Fsp3) is 0.476. The van der Waals surface area contributed by atoms with Crippen molar-refractivity contribution in [2.75, 3.05) is 18.4 Å². The number of thiazole rings is 1. The summed E-state index contributed by atoms with van der Waals surface area (Å²) in [6.45, 7) is 7.25. The Morgan fingerprint density at radius 1 is 1.22 bits per heavy atom. The Morgan fingerprint density at radius 2 is 1.97 bits per heavy atom. The molecule has 4 rings (SSSR count). The van der Waals surface area contributed by atoms with E-state index in [4.69, 9.17) is 5.11 Å². The van der Waals surface area contributed by atoms with Gasteiger partial charge in [0.2, 0.25) is 0 Å². The number of hydrogen-bond acceptors (Lipinski definition) is 7. The van der Waals surface area contributed by atoms with Gasteiger partial charge in [-0.1, -0.05) is 13.8 Å². The molecule has 0 spiro atoms. The molecule has 32 heavy (non-hydrogen) atoms. The standard InChI is InChI=1S/C21H27N7O3S/c1-12(2)13(3)23-17-10-16(19(29)27-6-4-14(5-7-27)24-21(30)31)25-18(26-17)15-11-22-28-8-9-32-20(15)28/h8-14,24H,4-7H2,1-3H3,(H,30,31)(H,23,25,26)/t13-/m1/s1. The van der Waals surface area contributed by atoms with Gasteiger partial charge in [-0.3, -0.25) is 4.79 Å². The van der Waals surface area contributed by atoms with Crippen molar-refractivity contribution in [2.24, 2.45) is 5.92 Å². The highest BCUT2D eigenvalue weighted by Crippen LogP contribution is 2.27. The summed E-state index contributed by atoms with van der Waals surface area (Å²) in [7, 11) is 0. The highest BCUT2D eigenvalue weighted by molar-refractivity contribution is 7.16. The average Bonchev–Trinajstić information content (AvgIpc) is 3.37. The normalized spacial score (nSPS) is 15.8. The lowest BCUT2D eigenvalue weighted by atomic mass is 10.0. The first-order chi connectivity index (χ1) is 15.3. The van der Waals surface area contributed by atoms with Gasteiger partial charge in [-0.15, -0.1) is 11.3 Å². The summed E-state index contributed by atoms with van der Waals surface area (Å²) >= 11 is 1.54. The molecule has 0 unspecified atom stereocenters. The van der Waals surface area contributed by atoms with Gasteiger partial charge in [-0.2, -0.15) is 5.10 Å². The molecule has 1 fully saturated rings. The molecule has 0 aromatic carbocycles. The largest absolute Gasteiger partial charge is 0.465 e. The molecule has 0 radical (unpaired) electrons. The minimum atomic E-state index is -1.04. The second-order valence-corrected chi connectivity index (χ2v) is 9.26. The van der Waals surface area contributed by atoms with E-state index >= 15 is 0 Å². The van der Waals surface area contributed by atoms with Crippen LogP contribution in [0.4, 0.5) is 10.6 Å². The molecule has 2 amide bonds. The maximum absolute atomic E-state index is 13.3. The number of aromatic nitrogens is 4. The number of carbonyl (C=O) groups excluding carboxylic acids is 1. The predicted octanol–water partition coefficient (Wildman–Crippen LogP) is 3.18. The lowest BCUT2D eigenvalue weighted by Gasteiger charge is -2.31. The van der Waals surface area contributed by atoms with E-state index in [1.54, 1.807) is 21.7 Å². The summed E-state index contributed by atoms with van der Waals surface area (Å²) < 4.78 is 1.77. The summed E-state index contributed by atoms with van der Waals surface area (Å²) in [4.78, 5) is 36.1. The van der Waals surface area contributed by atoms with Crippen LogP contribution in [0.15, 0.2) is 23.8 Å². The number of nitrogens with one attached hydrogen (secondary N) is 2. The van der Waals surface area contributed by atoms with Gasteiger partial charge >= 0.3 is 6.09 Å². The van der Waals surface area contributed by atoms with Crippen LogP contribution in [0.2, 0.25) is 0 Å². The molecule has 0 saturated carbocycles. The number of anilines is 1. The number of likely N-dealkylation sites (tertiary alicyclic amines) is 1. The van der Waals surface area contributed by atoms with Crippen LogP contribution in [0.1, 0.15) is 44.1 Å². The molecule has 1 aliphatic heterocycles. The summed E-state index contributed by atoms with van der Waals surface area (Å²) in [5.74, 6) is 1.25. The lowest BCUT2D eigenvalue weighted by molar-refractivity contribution is 0.0700. The first kappa shape index (κ1) is 22.0. The Balaban J connectivity index is 1.63. The van der Waals surface area contributed by atoms with E-state index < -0.39 is 6.09 Å². The second-order valence-electron chi connectivity index (χ2n) is 8.37. The highest BCUT2D eigenvalue weighted by Gasteiger charge is 2.26. The zero-order chi connectivity index (χ0) is 22.8. The lowest BCUT2D eigenvalue weighted by Crippen LogP contribution is -2.46. The van der Waals surface area contributed by atoms with Crippen molar-refractivity contribution in [1.82, 2.24) is 29.8 Å². The van der Waals surface area contributed by atoms with Gasteiger partial charge < -0.3 is 20.6 Å². The Hall–Kier alpha value is -3.21. The van der Waals surface area contributed by atoms with Crippen LogP contribution in [-0.2, 0) is 0 Å². The summed E-state index contributed by atoms with van der Waals surface area (Å²) in [5, 5.41) is 21.1. The van der Waals surface area contributed by atoms with Crippen molar-refractivity contribution in [1.29, 1.82) is 0 Å². The molecule has 0 aliphatic carbocycles. The Labute approximate surface area is 189 Å². The monoisotopic (exact) mass is 457 g/mol. The number of rotatable bonds is 6. The van der Waals surface area contributed by atoms with Crippen LogP contribution >= 0.6 is 11.3 Å². The van der Waals surface area contributed by atoms with Gasteiger partial charge in [0.1, 0.15) is 16.3 Å². The Morgan fingerprint density at radius 3 is 2.66 bits per heavy atom. The number of carboxylic acid groups (broad SMARTS) is 1. The third kappa shape index (κ3) is 4.67. The number of piperidine rings is 1.